The van der Waals surface area contributed by atoms with Crippen LogP contribution in [0.2, 0.25) is 0 Å². The molecule has 0 aliphatic carbocycles. The van der Waals surface area contributed by atoms with E-state index in [0.29, 0.717) is 24.6 Å². The number of carboxylic acids is 1. The molecular formula is C16H26N2O4S. The molecule has 1 aromatic rings. The molecule has 0 bridgehead atoms. The first-order valence-electron chi connectivity index (χ1n) is 7.57. The molecule has 0 fully saturated rings. The minimum absolute atomic E-state index is 0.0434. The standard InChI is InChI=1S/C16H26N2O4S/c1-11(2)8-9-17-23(21,22)12-6-7-14(18-16(3,4)5)13(10-12)15(19)20/h6-7,10-11,17-18H,8-9H2,1-5H3,(H,19,20). The van der Waals surface area contributed by atoms with Gasteiger partial charge in [0, 0.05) is 17.8 Å². The van der Waals surface area contributed by atoms with Crippen LogP contribution in [-0.2, 0) is 10.0 Å². The number of benzene rings is 1. The summed E-state index contributed by atoms with van der Waals surface area (Å²) in [5, 5.41) is 12.4. The summed E-state index contributed by atoms with van der Waals surface area (Å²) in [5.41, 5.74) is -0.00194. The number of nitrogens with one attached hydrogen (secondary N) is 2. The molecule has 7 heteroatoms. The van der Waals surface area contributed by atoms with E-state index >= 15 is 0 Å². The molecule has 1 rings (SSSR count). The largest absolute Gasteiger partial charge is 0.478 e. The van der Waals surface area contributed by atoms with Crippen molar-refractivity contribution in [1.82, 2.24) is 4.72 Å². The summed E-state index contributed by atoms with van der Waals surface area (Å²) in [7, 11) is -3.71. The fourth-order valence-electron chi connectivity index (χ4n) is 1.95. The lowest BCUT2D eigenvalue weighted by atomic mass is 10.1. The Hall–Kier alpha value is -1.60. The summed E-state index contributed by atoms with van der Waals surface area (Å²) >= 11 is 0. The molecule has 0 atom stereocenters. The van der Waals surface area contributed by atoms with Gasteiger partial charge >= 0.3 is 5.97 Å². The molecule has 0 spiro atoms. The lowest BCUT2D eigenvalue weighted by molar-refractivity contribution is 0.0697. The minimum Gasteiger partial charge on any atom is -0.478 e. The minimum atomic E-state index is -3.71. The van der Waals surface area contributed by atoms with Crippen molar-refractivity contribution in [3.8, 4) is 0 Å². The smallest absolute Gasteiger partial charge is 0.337 e. The second-order valence-electron chi connectivity index (χ2n) is 6.97. The summed E-state index contributed by atoms with van der Waals surface area (Å²) < 4.78 is 27.0. The molecule has 3 N–H and O–H groups in total. The third kappa shape index (κ3) is 6.19. The van der Waals surface area contributed by atoms with Crippen LogP contribution in [-0.4, -0.2) is 31.6 Å². The average molecular weight is 342 g/mol. The molecule has 6 nitrogen and oxygen atoms in total. The van der Waals surface area contributed by atoms with Gasteiger partial charge in [-0.3, -0.25) is 0 Å². The maximum atomic E-state index is 12.3. The second-order valence-corrected chi connectivity index (χ2v) is 8.73. The first kappa shape index (κ1) is 19.4. The van der Waals surface area contributed by atoms with Crippen LogP contribution in [0.5, 0.6) is 0 Å². The molecule has 0 aromatic heterocycles. The summed E-state index contributed by atoms with van der Waals surface area (Å²) in [6.07, 6.45) is 0.717. The first-order chi connectivity index (χ1) is 10.4. The van der Waals surface area contributed by atoms with E-state index in [1.54, 1.807) is 0 Å². The molecule has 0 radical (unpaired) electrons. The average Bonchev–Trinajstić information content (AvgIpc) is 2.35. The van der Waals surface area contributed by atoms with Crippen molar-refractivity contribution in [2.45, 2.75) is 51.5 Å². The van der Waals surface area contributed by atoms with Crippen molar-refractivity contribution in [1.29, 1.82) is 0 Å². The molecule has 0 saturated heterocycles. The summed E-state index contributed by atoms with van der Waals surface area (Å²) in [4.78, 5) is 11.4. The molecule has 0 heterocycles. The summed E-state index contributed by atoms with van der Waals surface area (Å²) in [6.45, 7) is 10.0. The SMILES string of the molecule is CC(C)CCNS(=O)(=O)c1ccc(NC(C)(C)C)c(C(=O)O)c1. The molecule has 23 heavy (non-hydrogen) atoms. The van der Waals surface area contributed by atoms with Crippen molar-refractivity contribution in [2.75, 3.05) is 11.9 Å². The van der Waals surface area contributed by atoms with Gasteiger partial charge in [0.25, 0.3) is 0 Å². The fourth-order valence-corrected chi connectivity index (χ4v) is 3.02. The van der Waals surface area contributed by atoms with E-state index in [0.717, 1.165) is 0 Å². The van der Waals surface area contributed by atoms with Gasteiger partial charge in [0.15, 0.2) is 0 Å². The monoisotopic (exact) mass is 342 g/mol. The van der Waals surface area contributed by atoms with Gasteiger partial charge in [-0.15, -0.1) is 0 Å². The van der Waals surface area contributed by atoms with Gasteiger partial charge in [0.05, 0.1) is 10.5 Å². The number of carbonyl (C=O) groups is 1. The fraction of sp³-hybridized carbons (Fsp3) is 0.562. The molecule has 0 amide bonds. The quantitative estimate of drug-likeness (QED) is 0.708. The van der Waals surface area contributed by atoms with Crippen LogP contribution in [0.25, 0.3) is 0 Å². The van der Waals surface area contributed by atoms with Crippen LogP contribution in [0.1, 0.15) is 51.4 Å². The van der Waals surface area contributed by atoms with Gasteiger partial charge in [0.1, 0.15) is 0 Å². The first-order valence-corrected chi connectivity index (χ1v) is 9.06. The van der Waals surface area contributed by atoms with Crippen molar-refractivity contribution in [3.05, 3.63) is 23.8 Å². The highest BCUT2D eigenvalue weighted by molar-refractivity contribution is 7.89. The van der Waals surface area contributed by atoms with Crippen molar-refractivity contribution >= 4 is 21.7 Å². The Morgan fingerprint density at radius 2 is 1.87 bits per heavy atom. The lowest BCUT2D eigenvalue weighted by Crippen LogP contribution is -2.28. The molecule has 0 unspecified atom stereocenters. The Balaban J connectivity index is 3.10. The maximum absolute atomic E-state index is 12.3. The van der Waals surface area contributed by atoms with Gasteiger partial charge in [-0.2, -0.15) is 0 Å². The van der Waals surface area contributed by atoms with E-state index in [2.05, 4.69) is 10.0 Å². The van der Waals surface area contributed by atoms with E-state index in [4.69, 9.17) is 0 Å². The van der Waals surface area contributed by atoms with Gasteiger partial charge in [-0.05, 0) is 51.3 Å². The third-order valence-corrected chi connectivity index (χ3v) is 4.51. The highest BCUT2D eigenvalue weighted by atomic mass is 32.2. The molecule has 0 aliphatic heterocycles. The Morgan fingerprint density at radius 3 is 2.35 bits per heavy atom. The molecule has 130 valence electrons. The van der Waals surface area contributed by atoms with Gasteiger partial charge in [0.2, 0.25) is 10.0 Å². The number of sulfonamides is 1. The van der Waals surface area contributed by atoms with Crippen LogP contribution in [0.15, 0.2) is 23.1 Å². The Bertz CT molecular complexity index is 661. The van der Waals surface area contributed by atoms with Crippen LogP contribution in [0.4, 0.5) is 5.69 Å². The Morgan fingerprint density at radius 1 is 1.26 bits per heavy atom. The Kier molecular flexibility index (Phi) is 6.18. The number of aromatic carboxylic acids is 1. The predicted molar refractivity (Wildman–Crippen MR) is 91.4 cm³/mol. The highest BCUT2D eigenvalue weighted by Gasteiger charge is 2.21. The summed E-state index contributed by atoms with van der Waals surface area (Å²) in [6, 6.07) is 4.10. The lowest BCUT2D eigenvalue weighted by Gasteiger charge is -2.23. The van der Waals surface area contributed by atoms with Gasteiger partial charge < -0.3 is 10.4 Å². The topological polar surface area (TPSA) is 95.5 Å². The van der Waals surface area contributed by atoms with Crippen molar-refractivity contribution in [3.63, 3.8) is 0 Å². The van der Waals surface area contributed by atoms with Crippen LogP contribution < -0.4 is 10.0 Å². The molecular weight excluding hydrogens is 316 g/mol. The van der Waals surface area contributed by atoms with Gasteiger partial charge in [-0.1, -0.05) is 13.8 Å². The maximum Gasteiger partial charge on any atom is 0.337 e. The van der Waals surface area contributed by atoms with Crippen molar-refractivity contribution < 1.29 is 18.3 Å². The summed E-state index contributed by atoms with van der Waals surface area (Å²) in [5.74, 6) is -0.790. The van der Waals surface area contributed by atoms with Crippen LogP contribution in [0.3, 0.4) is 0 Å². The number of anilines is 1. The van der Waals surface area contributed by atoms with E-state index in [9.17, 15) is 18.3 Å². The number of hydrogen-bond donors (Lipinski definition) is 3. The van der Waals surface area contributed by atoms with Crippen LogP contribution in [0, 0.1) is 5.92 Å². The van der Waals surface area contributed by atoms with E-state index in [1.807, 2.05) is 34.6 Å². The number of rotatable bonds is 7. The van der Waals surface area contributed by atoms with Crippen molar-refractivity contribution in [2.24, 2.45) is 5.92 Å². The zero-order valence-corrected chi connectivity index (χ0v) is 15.1. The number of carboxylic acid groups (broad SMARTS) is 1. The zero-order chi connectivity index (χ0) is 17.8. The zero-order valence-electron chi connectivity index (χ0n) is 14.3. The number of hydrogen-bond acceptors (Lipinski definition) is 4. The Labute approximate surface area is 138 Å². The van der Waals surface area contributed by atoms with Gasteiger partial charge in [-0.25, -0.2) is 17.9 Å². The molecule has 0 saturated carbocycles. The van der Waals surface area contributed by atoms with E-state index < -0.39 is 16.0 Å². The predicted octanol–water partition coefficient (Wildman–Crippen LogP) is 2.92. The van der Waals surface area contributed by atoms with E-state index in [1.165, 1.54) is 18.2 Å². The van der Waals surface area contributed by atoms with Crippen LogP contribution >= 0.6 is 0 Å². The normalized spacial score (nSPS) is 12.4. The second kappa shape index (κ2) is 7.31. The highest BCUT2D eigenvalue weighted by Crippen LogP contribution is 2.23. The third-order valence-electron chi connectivity index (χ3n) is 3.06. The molecule has 1 aromatic carbocycles. The molecule has 0 aliphatic rings. The van der Waals surface area contributed by atoms with E-state index in [-0.39, 0.29) is 16.0 Å².